The molecule has 3 aromatic rings. The molecule has 31 heavy (non-hydrogen) atoms. The van der Waals surface area contributed by atoms with Crippen LogP contribution in [0.25, 0.3) is 21.5 Å². The van der Waals surface area contributed by atoms with Gasteiger partial charge in [-0.2, -0.15) is 0 Å². The second-order valence-corrected chi connectivity index (χ2v) is 10.2. The van der Waals surface area contributed by atoms with Gasteiger partial charge >= 0.3 is 0 Å². The molecule has 3 aromatic carbocycles. The topological polar surface area (TPSA) is 75.3 Å². The van der Waals surface area contributed by atoms with Crippen LogP contribution >= 0.6 is 0 Å². The van der Waals surface area contributed by atoms with Crippen molar-refractivity contribution in [2.24, 2.45) is 16.2 Å². The molecule has 1 saturated heterocycles. The number of rotatable bonds is 2. The Balaban J connectivity index is 1.46. The highest BCUT2D eigenvalue weighted by atomic mass is 16.2. The van der Waals surface area contributed by atoms with Crippen LogP contribution in [0.2, 0.25) is 0 Å². The summed E-state index contributed by atoms with van der Waals surface area (Å²) in [5, 5.41) is 10.1. The number of piperidine rings is 1. The van der Waals surface area contributed by atoms with Crippen LogP contribution in [0.4, 0.5) is 5.69 Å². The van der Waals surface area contributed by atoms with Gasteiger partial charge in [0.2, 0.25) is 17.7 Å². The highest BCUT2D eigenvalue weighted by Gasteiger charge is 2.60. The first-order valence-corrected chi connectivity index (χ1v) is 10.7. The van der Waals surface area contributed by atoms with Gasteiger partial charge in [-0.25, -0.2) is 0 Å². The lowest BCUT2D eigenvalue weighted by atomic mass is 9.52. The lowest BCUT2D eigenvalue weighted by molar-refractivity contribution is -0.163. The van der Waals surface area contributed by atoms with E-state index < -0.39 is 16.2 Å². The summed E-state index contributed by atoms with van der Waals surface area (Å²) in [6, 6.07) is 18.4. The van der Waals surface area contributed by atoms with Crippen molar-refractivity contribution in [3.05, 3.63) is 54.6 Å². The molecule has 158 valence electrons. The fourth-order valence-electron chi connectivity index (χ4n) is 5.96. The van der Waals surface area contributed by atoms with Gasteiger partial charge < -0.3 is 5.32 Å². The molecule has 1 heterocycles. The minimum Gasteiger partial charge on any atom is -0.326 e. The third-order valence-electron chi connectivity index (χ3n) is 7.18. The lowest BCUT2D eigenvalue weighted by Gasteiger charge is -2.53. The van der Waals surface area contributed by atoms with Crippen LogP contribution < -0.4 is 10.6 Å². The Morgan fingerprint density at radius 2 is 1.32 bits per heavy atom. The van der Waals surface area contributed by atoms with Crippen molar-refractivity contribution in [1.29, 1.82) is 0 Å². The lowest BCUT2D eigenvalue weighted by Crippen LogP contribution is -2.63. The van der Waals surface area contributed by atoms with E-state index in [9.17, 15) is 14.4 Å². The summed E-state index contributed by atoms with van der Waals surface area (Å²) in [7, 11) is 0. The zero-order valence-electron chi connectivity index (χ0n) is 18.0. The molecule has 2 fully saturated rings. The van der Waals surface area contributed by atoms with Gasteiger partial charge in [-0.05, 0) is 65.1 Å². The minimum atomic E-state index is -0.812. The van der Waals surface area contributed by atoms with Crippen molar-refractivity contribution in [2.75, 3.05) is 5.32 Å². The maximum absolute atomic E-state index is 13.4. The van der Waals surface area contributed by atoms with Crippen LogP contribution in [-0.4, -0.2) is 17.7 Å². The monoisotopic (exact) mass is 414 g/mol. The number of hydrogen-bond acceptors (Lipinski definition) is 3. The molecule has 1 saturated carbocycles. The third kappa shape index (κ3) is 3.11. The van der Waals surface area contributed by atoms with E-state index in [-0.39, 0.29) is 17.7 Å². The first kappa shape index (κ1) is 19.7. The van der Waals surface area contributed by atoms with Crippen LogP contribution in [0.5, 0.6) is 0 Å². The van der Waals surface area contributed by atoms with Crippen LogP contribution in [0, 0.1) is 16.2 Å². The average molecular weight is 415 g/mol. The Kier molecular flexibility index (Phi) is 4.07. The van der Waals surface area contributed by atoms with E-state index in [4.69, 9.17) is 0 Å². The molecule has 5 nitrogen and oxygen atoms in total. The predicted octanol–water partition coefficient (Wildman–Crippen LogP) is 4.79. The molecule has 3 atom stereocenters. The SMILES string of the molecule is CC1(C(=O)Nc2ccc3cc4ccccc4cc3c2)C[C@@]2(C)C[C@@](C)(C1)C(=O)NC2=O. The van der Waals surface area contributed by atoms with Crippen LogP contribution in [0.15, 0.2) is 54.6 Å². The number of anilines is 1. The number of hydrogen-bond donors (Lipinski definition) is 2. The van der Waals surface area contributed by atoms with Crippen LogP contribution in [0.3, 0.4) is 0 Å². The molecule has 1 unspecified atom stereocenters. The summed E-state index contributed by atoms with van der Waals surface area (Å²) in [6.45, 7) is 5.59. The van der Waals surface area contributed by atoms with Gasteiger partial charge in [0, 0.05) is 21.9 Å². The van der Waals surface area contributed by atoms with Gasteiger partial charge in [-0.1, -0.05) is 51.1 Å². The fraction of sp³-hybridized carbons (Fsp3) is 0.346. The number of carbonyl (C=O) groups excluding carboxylic acids is 3. The number of carbonyl (C=O) groups is 3. The van der Waals surface area contributed by atoms with E-state index >= 15 is 0 Å². The quantitative estimate of drug-likeness (QED) is 0.468. The van der Waals surface area contributed by atoms with Gasteiger partial charge in [0.15, 0.2) is 0 Å². The standard InChI is InChI=1S/C26H26N2O3/c1-24(13-25(2)15-26(3,14-24)23(31)28-22(25)30)21(29)27-20-9-8-18-10-16-6-4-5-7-17(16)11-19(18)12-20/h4-12H,13-15H2,1-3H3,(H,27,29)(H,28,30,31)/t24?,25-,26+. The number of fused-ring (bicyclic) bond motifs is 4. The molecular formula is C26H26N2O3. The maximum atomic E-state index is 13.4. The Labute approximate surface area is 181 Å². The van der Waals surface area contributed by atoms with E-state index in [1.165, 1.54) is 5.39 Å². The zero-order valence-corrected chi connectivity index (χ0v) is 18.0. The Hall–Kier alpha value is -3.21. The predicted molar refractivity (Wildman–Crippen MR) is 121 cm³/mol. The molecule has 2 bridgehead atoms. The molecular weight excluding hydrogens is 388 g/mol. The number of nitrogens with one attached hydrogen (secondary N) is 2. The van der Waals surface area contributed by atoms with E-state index in [2.05, 4.69) is 34.9 Å². The van der Waals surface area contributed by atoms with Gasteiger partial charge in [0.1, 0.15) is 0 Å². The third-order valence-corrected chi connectivity index (χ3v) is 7.18. The molecule has 5 rings (SSSR count). The van der Waals surface area contributed by atoms with Gasteiger partial charge in [-0.3, -0.25) is 19.7 Å². The van der Waals surface area contributed by atoms with Gasteiger partial charge in [-0.15, -0.1) is 0 Å². The Morgan fingerprint density at radius 3 is 1.94 bits per heavy atom. The van der Waals surface area contributed by atoms with Crippen molar-refractivity contribution in [3.8, 4) is 0 Å². The van der Waals surface area contributed by atoms with E-state index in [0.29, 0.717) is 19.3 Å². The highest BCUT2D eigenvalue weighted by Crippen LogP contribution is 2.56. The number of benzene rings is 3. The van der Waals surface area contributed by atoms with Crippen molar-refractivity contribution < 1.29 is 14.4 Å². The summed E-state index contributed by atoms with van der Waals surface area (Å²) in [6.07, 6.45) is 1.31. The second-order valence-electron chi connectivity index (χ2n) is 10.2. The van der Waals surface area contributed by atoms with E-state index in [0.717, 1.165) is 21.8 Å². The molecule has 0 spiro atoms. The first-order valence-electron chi connectivity index (χ1n) is 10.7. The molecule has 0 radical (unpaired) electrons. The van der Waals surface area contributed by atoms with Gasteiger partial charge in [0.25, 0.3) is 0 Å². The summed E-state index contributed by atoms with van der Waals surface area (Å²) in [5.41, 5.74) is -1.55. The summed E-state index contributed by atoms with van der Waals surface area (Å²) in [4.78, 5) is 38.5. The Morgan fingerprint density at radius 1 is 0.774 bits per heavy atom. The average Bonchev–Trinajstić information content (AvgIpc) is 2.70. The number of amides is 3. The van der Waals surface area contributed by atoms with Crippen LogP contribution in [-0.2, 0) is 14.4 Å². The highest BCUT2D eigenvalue weighted by molar-refractivity contribution is 6.06. The second kappa shape index (κ2) is 6.39. The van der Waals surface area contributed by atoms with Crippen molar-refractivity contribution in [1.82, 2.24) is 5.32 Å². The molecule has 0 aromatic heterocycles. The number of imide groups is 1. The molecule has 2 aliphatic rings. The molecule has 5 heteroatoms. The van der Waals surface area contributed by atoms with E-state index in [1.54, 1.807) is 0 Å². The molecule has 3 amide bonds. The minimum absolute atomic E-state index is 0.146. The molecule has 2 N–H and O–H groups in total. The van der Waals surface area contributed by atoms with Crippen LogP contribution in [0.1, 0.15) is 40.0 Å². The van der Waals surface area contributed by atoms with Crippen molar-refractivity contribution in [2.45, 2.75) is 40.0 Å². The zero-order chi connectivity index (χ0) is 22.0. The smallest absolute Gasteiger partial charge is 0.232 e. The summed E-state index contributed by atoms with van der Waals surface area (Å²) in [5.74, 6) is -0.690. The van der Waals surface area contributed by atoms with E-state index in [1.807, 2.05) is 51.1 Å². The summed E-state index contributed by atoms with van der Waals surface area (Å²) >= 11 is 0. The first-order chi connectivity index (χ1) is 14.6. The molecule has 1 aliphatic heterocycles. The Bertz CT molecular complexity index is 1250. The fourth-order valence-corrected chi connectivity index (χ4v) is 5.96. The van der Waals surface area contributed by atoms with Crippen molar-refractivity contribution in [3.63, 3.8) is 0 Å². The van der Waals surface area contributed by atoms with Crippen molar-refractivity contribution >= 4 is 45.0 Å². The maximum Gasteiger partial charge on any atom is 0.232 e. The normalized spacial score (nSPS) is 30.3. The largest absolute Gasteiger partial charge is 0.326 e. The van der Waals surface area contributed by atoms with Gasteiger partial charge in [0.05, 0.1) is 0 Å². The molecule has 1 aliphatic carbocycles. The summed E-state index contributed by atoms with van der Waals surface area (Å²) < 4.78 is 0.